The molecule has 0 saturated heterocycles. The summed E-state index contributed by atoms with van der Waals surface area (Å²) < 4.78 is 2.34. The van der Waals surface area contributed by atoms with Crippen molar-refractivity contribution >= 4 is 8.56 Å². The van der Waals surface area contributed by atoms with E-state index in [1.165, 1.54) is 0 Å². The SMILES string of the molecule is CC(C)(C)N(C(C)(C)C)[Si](N)(N)C(C)(C)C. The molecule has 0 unspecified atom stereocenters. The normalized spacial score (nSPS) is 15.8. The summed E-state index contributed by atoms with van der Waals surface area (Å²) in [6, 6.07) is 0. The molecule has 0 saturated carbocycles. The monoisotopic (exact) mass is 245 g/mol. The third-order valence-electron chi connectivity index (χ3n) is 2.91. The molecule has 0 aliphatic carbocycles. The number of hydrogen-bond donors (Lipinski definition) is 2. The van der Waals surface area contributed by atoms with Crippen LogP contribution in [0.4, 0.5) is 0 Å². The van der Waals surface area contributed by atoms with Gasteiger partial charge in [-0.3, -0.25) is 4.57 Å². The zero-order chi connectivity index (χ0) is 13.6. The fourth-order valence-electron chi connectivity index (χ4n) is 2.45. The minimum Gasteiger partial charge on any atom is -0.326 e. The Morgan fingerprint density at radius 3 is 1.00 bits per heavy atom. The molecule has 0 bridgehead atoms. The fraction of sp³-hybridized carbons (Fsp3) is 1.00. The molecule has 3 nitrogen and oxygen atoms in total. The van der Waals surface area contributed by atoms with Gasteiger partial charge in [-0.1, -0.05) is 20.8 Å². The van der Waals surface area contributed by atoms with Crippen molar-refractivity contribution in [2.24, 2.45) is 10.8 Å². The molecule has 0 aromatic heterocycles. The molecule has 4 N–H and O–H groups in total. The lowest BCUT2D eigenvalue weighted by Crippen LogP contribution is -2.81. The lowest BCUT2D eigenvalue weighted by Gasteiger charge is -2.56. The van der Waals surface area contributed by atoms with E-state index < -0.39 is 8.56 Å². The van der Waals surface area contributed by atoms with Gasteiger partial charge in [0.1, 0.15) is 0 Å². The maximum atomic E-state index is 6.55. The van der Waals surface area contributed by atoms with Crippen molar-refractivity contribution in [3.63, 3.8) is 0 Å². The zero-order valence-corrected chi connectivity index (χ0v) is 13.6. The van der Waals surface area contributed by atoms with Crippen LogP contribution in [0.3, 0.4) is 0 Å². The Balaban J connectivity index is 5.57. The lowest BCUT2D eigenvalue weighted by atomic mass is 10.0. The van der Waals surface area contributed by atoms with E-state index in [9.17, 15) is 0 Å². The van der Waals surface area contributed by atoms with E-state index in [4.69, 9.17) is 10.8 Å². The number of rotatable bonds is 1. The van der Waals surface area contributed by atoms with Gasteiger partial charge in [-0.05, 0) is 46.6 Å². The predicted molar refractivity (Wildman–Crippen MR) is 75.2 cm³/mol. The van der Waals surface area contributed by atoms with Gasteiger partial charge in [0.05, 0.1) is 0 Å². The largest absolute Gasteiger partial charge is 0.326 e. The predicted octanol–water partition coefficient (Wildman–Crippen LogP) is 2.54. The Labute approximate surface area is 103 Å². The summed E-state index contributed by atoms with van der Waals surface area (Å²) in [5.41, 5.74) is -0.0253. The molecule has 4 heteroatoms. The Hall–Kier alpha value is 0.0969. The summed E-state index contributed by atoms with van der Waals surface area (Å²) in [4.78, 5) is 0. The molecule has 0 fully saturated rings. The quantitative estimate of drug-likeness (QED) is 0.698. The molecule has 0 spiro atoms. The van der Waals surface area contributed by atoms with Crippen LogP contribution in [0.2, 0.25) is 5.04 Å². The molecule has 0 radical (unpaired) electrons. The summed E-state index contributed by atoms with van der Waals surface area (Å²) in [5, 5.41) is 13.1. The van der Waals surface area contributed by atoms with Crippen LogP contribution in [0.25, 0.3) is 0 Å². The van der Waals surface area contributed by atoms with Crippen LogP contribution in [0.1, 0.15) is 62.3 Å². The highest BCUT2D eigenvalue weighted by atomic mass is 28.4. The smallest absolute Gasteiger partial charge is 0.285 e. The first-order valence-electron chi connectivity index (χ1n) is 6.00. The Morgan fingerprint density at radius 2 is 0.938 bits per heavy atom. The summed E-state index contributed by atoms with van der Waals surface area (Å²) in [5.74, 6) is 0. The van der Waals surface area contributed by atoms with E-state index in [0.717, 1.165) is 0 Å². The molecular weight excluding hydrogens is 214 g/mol. The van der Waals surface area contributed by atoms with Crippen LogP contribution in [0.5, 0.6) is 0 Å². The van der Waals surface area contributed by atoms with Crippen molar-refractivity contribution in [3.8, 4) is 0 Å². The molecule has 98 valence electrons. The first-order valence-corrected chi connectivity index (χ1v) is 8.10. The maximum absolute atomic E-state index is 6.55. The average molecular weight is 245 g/mol. The van der Waals surface area contributed by atoms with Crippen LogP contribution in [-0.4, -0.2) is 24.2 Å². The van der Waals surface area contributed by atoms with E-state index in [1.54, 1.807) is 0 Å². The zero-order valence-electron chi connectivity index (χ0n) is 12.6. The fourth-order valence-corrected chi connectivity index (χ4v) is 5.34. The van der Waals surface area contributed by atoms with E-state index in [-0.39, 0.29) is 16.1 Å². The van der Waals surface area contributed by atoms with E-state index in [2.05, 4.69) is 66.9 Å². The van der Waals surface area contributed by atoms with Crippen LogP contribution in [0.15, 0.2) is 0 Å². The first-order chi connectivity index (χ1) is 6.62. The van der Waals surface area contributed by atoms with Gasteiger partial charge in [0.15, 0.2) is 0 Å². The molecular formula is C12H31N3Si. The first kappa shape index (κ1) is 16.1. The summed E-state index contributed by atoms with van der Waals surface area (Å²) in [6.45, 7) is 19.5. The van der Waals surface area contributed by atoms with Gasteiger partial charge in [0.25, 0.3) is 8.56 Å². The molecule has 0 amide bonds. The van der Waals surface area contributed by atoms with Crippen molar-refractivity contribution in [2.45, 2.75) is 78.4 Å². The van der Waals surface area contributed by atoms with Gasteiger partial charge < -0.3 is 10.8 Å². The molecule has 0 heterocycles. The summed E-state index contributed by atoms with van der Waals surface area (Å²) in [6.07, 6.45) is 0. The third-order valence-corrected chi connectivity index (χ3v) is 7.40. The number of hydrogen-bond acceptors (Lipinski definition) is 3. The van der Waals surface area contributed by atoms with Gasteiger partial charge in [-0.25, -0.2) is 0 Å². The Bertz CT molecular complexity index is 226. The second kappa shape index (κ2) is 4.09. The van der Waals surface area contributed by atoms with Crippen molar-refractivity contribution in [1.29, 1.82) is 0 Å². The molecule has 0 aromatic carbocycles. The number of nitrogens with two attached hydrogens (primary N) is 2. The van der Waals surface area contributed by atoms with Crippen LogP contribution in [-0.2, 0) is 0 Å². The van der Waals surface area contributed by atoms with E-state index in [1.807, 2.05) is 0 Å². The van der Waals surface area contributed by atoms with Crippen LogP contribution in [0, 0.1) is 0 Å². The highest BCUT2D eigenvalue weighted by molar-refractivity contribution is 6.74. The Kier molecular flexibility index (Phi) is 4.11. The van der Waals surface area contributed by atoms with Crippen molar-refractivity contribution < 1.29 is 0 Å². The molecule has 0 aromatic rings. The minimum atomic E-state index is -2.47. The lowest BCUT2D eigenvalue weighted by molar-refractivity contribution is 0.117. The molecule has 16 heavy (non-hydrogen) atoms. The highest BCUT2D eigenvalue weighted by Gasteiger charge is 2.52. The summed E-state index contributed by atoms with van der Waals surface area (Å²) >= 11 is 0. The Morgan fingerprint density at radius 1 is 0.688 bits per heavy atom. The van der Waals surface area contributed by atoms with Crippen LogP contribution >= 0.6 is 0 Å². The number of nitrogens with zero attached hydrogens (tertiary/aromatic N) is 1. The second-order valence-electron chi connectivity index (χ2n) is 7.75. The topological polar surface area (TPSA) is 55.3 Å². The van der Waals surface area contributed by atoms with Gasteiger partial charge in [-0.2, -0.15) is 0 Å². The van der Waals surface area contributed by atoms with Gasteiger partial charge in [-0.15, -0.1) is 0 Å². The molecule has 0 atom stereocenters. The van der Waals surface area contributed by atoms with Gasteiger partial charge in [0.2, 0.25) is 0 Å². The van der Waals surface area contributed by atoms with Crippen molar-refractivity contribution in [2.75, 3.05) is 0 Å². The van der Waals surface area contributed by atoms with E-state index >= 15 is 0 Å². The third kappa shape index (κ3) is 3.29. The summed E-state index contributed by atoms with van der Waals surface area (Å²) in [7, 11) is -2.47. The minimum absolute atomic E-state index is 0.0126. The molecule has 0 aliphatic rings. The average Bonchev–Trinajstić information content (AvgIpc) is 1.72. The van der Waals surface area contributed by atoms with E-state index in [0.29, 0.717) is 0 Å². The van der Waals surface area contributed by atoms with Gasteiger partial charge >= 0.3 is 0 Å². The van der Waals surface area contributed by atoms with Gasteiger partial charge in [0, 0.05) is 11.1 Å². The standard InChI is InChI=1S/C12H31N3Si/c1-10(2,3)15(11(4,5)6)16(13,14)12(7,8)9/h13-14H2,1-9H3. The van der Waals surface area contributed by atoms with Crippen LogP contribution < -0.4 is 10.8 Å². The van der Waals surface area contributed by atoms with Crippen molar-refractivity contribution in [1.82, 2.24) is 4.57 Å². The second-order valence-corrected chi connectivity index (χ2v) is 11.4. The highest BCUT2D eigenvalue weighted by Crippen LogP contribution is 2.38. The molecule has 0 rings (SSSR count). The maximum Gasteiger partial charge on any atom is 0.285 e. The van der Waals surface area contributed by atoms with Crippen molar-refractivity contribution in [3.05, 3.63) is 0 Å². The molecule has 0 aliphatic heterocycles.